The Hall–Kier alpha value is -0.800. The highest BCUT2D eigenvalue weighted by Gasteiger charge is 2.08. The lowest BCUT2D eigenvalue weighted by Crippen LogP contribution is -1.86. The van der Waals surface area contributed by atoms with E-state index in [1.54, 1.807) is 10.8 Å². The van der Waals surface area contributed by atoms with E-state index in [2.05, 4.69) is 9.97 Å². The molecule has 0 N–H and O–H groups in total. The third-order valence-electron chi connectivity index (χ3n) is 1.70. The third-order valence-corrected chi connectivity index (χ3v) is 2.32. The van der Waals surface area contributed by atoms with Crippen molar-refractivity contribution in [3.8, 4) is 0 Å². The lowest BCUT2D eigenvalue weighted by atomic mass is 10.4. The second kappa shape index (κ2) is 2.61. The SMILES string of the molecule is Cn1c(Cl)nc2c(Cl)nccc21. The molecule has 0 aliphatic rings. The van der Waals surface area contributed by atoms with Gasteiger partial charge in [-0.3, -0.25) is 0 Å². The van der Waals surface area contributed by atoms with Gasteiger partial charge in [0.2, 0.25) is 5.28 Å². The molecular weight excluding hydrogens is 197 g/mol. The van der Waals surface area contributed by atoms with Crippen LogP contribution in [-0.2, 0) is 7.05 Å². The standard InChI is InChI=1S/C7H5Cl2N3/c1-12-4-2-3-10-6(8)5(4)11-7(12)9/h2-3H,1H3. The van der Waals surface area contributed by atoms with Crippen LogP contribution in [0, 0.1) is 0 Å². The van der Waals surface area contributed by atoms with Crippen LogP contribution in [-0.4, -0.2) is 14.5 Å². The Kier molecular flexibility index (Phi) is 1.70. The zero-order valence-electron chi connectivity index (χ0n) is 6.25. The number of hydrogen-bond donors (Lipinski definition) is 0. The number of hydrogen-bond acceptors (Lipinski definition) is 2. The third kappa shape index (κ3) is 0.974. The van der Waals surface area contributed by atoms with Crippen molar-refractivity contribution < 1.29 is 0 Å². The number of pyridine rings is 1. The van der Waals surface area contributed by atoms with Crippen LogP contribution in [0.3, 0.4) is 0 Å². The van der Waals surface area contributed by atoms with E-state index in [1.807, 2.05) is 13.1 Å². The molecule has 0 unspecified atom stereocenters. The first kappa shape index (κ1) is 7.83. The maximum Gasteiger partial charge on any atom is 0.203 e. The van der Waals surface area contributed by atoms with Crippen LogP contribution < -0.4 is 0 Å². The Morgan fingerprint density at radius 1 is 1.42 bits per heavy atom. The van der Waals surface area contributed by atoms with Crippen LogP contribution in [0.15, 0.2) is 12.3 Å². The molecule has 0 saturated carbocycles. The summed E-state index contributed by atoms with van der Waals surface area (Å²) < 4.78 is 1.75. The van der Waals surface area contributed by atoms with Crippen molar-refractivity contribution in [2.24, 2.45) is 7.05 Å². The fourth-order valence-electron chi connectivity index (χ4n) is 1.06. The molecule has 12 heavy (non-hydrogen) atoms. The first-order chi connectivity index (χ1) is 5.70. The van der Waals surface area contributed by atoms with Gasteiger partial charge in [-0.2, -0.15) is 0 Å². The first-order valence-corrected chi connectivity index (χ1v) is 4.08. The smallest absolute Gasteiger partial charge is 0.203 e. The average molecular weight is 202 g/mol. The summed E-state index contributed by atoms with van der Waals surface area (Å²) >= 11 is 11.6. The van der Waals surface area contributed by atoms with Gasteiger partial charge in [-0.15, -0.1) is 0 Å². The van der Waals surface area contributed by atoms with Gasteiger partial charge in [0.05, 0.1) is 5.52 Å². The Morgan fingerprint density at radius 3 is 2.83 bits per heavy atom. The van der Waals surface area contributed by atoms with Crippen molar-refractivity contribution in [2.75, 3.05) is 0 Å². The van der Waals surface area contributed by atoms with E-state index in [4.69, 9.17) is 23.2 Å². The highest BCUT2D eigenvalue weighted by atomic mass is 35.5. The Morgan fingerprint density at radius 2 is 2.17 bits per heavy atom. The van der Waals surface area contributed by atoms with E-state index in [0.717, 1.165) is 5.52 Å². The molecule has 3 nitrogen and oxygen atoms in total. The van der Waals surface area contributed by atoms with Crippen LogP contribution in [0.25, 0.3) is 11.0 Å². The lowest BCUT2D eigenvalue weighted by Gasteiger charge is -1.93. The molecule has 0 atom stereocenters. The zero-order chi connectivity index (χ0) is 8.72. The summed E-state index contributed by atoms with van der Waals surface area (Å²) in [6.07, 6.45) is 1.63. The summed E-state index contributed by atoms with van der Waals surface area (Å²) in [5.74, 6) is 0. The molecule has 0 saturated heterocycles. The minimum atomic E-state index is 0.384. The number of halogens is 2. The summed E-state index contributed by atoms with van der Waals surface area (Å²) in [5, 5.41) is 0.801. The predicted molar refractivity (Wildman–Crippen MR) is 48.5 cm³/mol. The van der Waals surface area contributed by atoms with Crippen molar-refractivity contribution in [3.05, 3.63) is 22.7 Å². The maximum atomic E-state index is 5.80. The van der Waals surface area contributed by atoms with Gasteiger partial charge in [-0.25, -0.2) is 9.97 Å². The molecule has 0 fully saturated rings. The van der Waals surface area contributed by atoms with E-state index in [-0.39, 0.29) is 0 Å². The fourth-order valence-corrected chi connectivity index (χ4v) is 1.43. The summed E-state index contributed by atoms with van der Waals surface area (Å²) in [6.45, 7) is 0. The van der Waals surface area contributed by atoms with Crippen molar-refractivity contribution in [3.63, 3.8) is 0 Å². The Balaban J connectivity index is 2.95. The van der Waals surface area contributed by atoms with Gasteiger partial charge in [0, 0.05) is 13.2 Å². The number of nitrogens with zero attached hydrogens (tertiary/aromatic N) is 3. The summed E-state index contributed by atoms with van der Waals surface area (Å²) in [4.78, 5) is 7.94. The summed E-state index contributed by atoms with van der Waals surface area (Å²) in [7, 11) is 1.83. The molecule has 0 amide bonds. The number of imidazole rings is 1. The number of aromatic nitrogens is 3. The van der Waals surface area contributed by atoms with Crippen LogP contribution in [0.2, 0.25) is 10.4 Å². The van der Waals surface area contributed by atoms with Crippen molar-refractivity contribution in [2.45, 2.75) is 0 Å². The first-order valence-electron chi connectivity index (χ1n) is 3.32. The van der Waals surface area contributed by atoms with Crippen LogP contribution in [0.5, 0.6) is 0 Å². The largest absolute Gasteiger partial charge is 0.318 e. The molecule has 0 aliphatic carbocycles. The molecule has 0 aliphatic heterocycles. The van der Waals surface area contributed by atoms with Gasteiger partial charge < -0.3 is 4.57 Å². The van der Waals surface area contributed by atoms with E-state index >= 15 is 0 Å². The van der Waals surface area contributed by atoms with Gasteiger partial charge in [-0.05, 0) is 17.7 Å². The van der Waals surface area contributed by atoms with Crippen molar-refractivity contribution in [1.82, 2.24) is 14.5 Å². The van der Waals surface area contributed by atoms with Crippen molar-refractivity contribution >= 4 is 34.2 Å². The molecule has 2 rings (SSSR count). The molecule has 0 bridgehead atoms. The van der Waals surface area contributed by atoms with E-state index in [1.165, 1.54) is 0 Å². The minimum Gasteiger partial charge on any atom is -0.318 e. The molecular formula is C7H5Cl2N3. The topological polar surface area (TPSA) is 30.7 Å². The van der Waals surface area contributed by atoms with Gasteiger partial charge in [0.1, 0.15) is 5.52 Å². The second-order valence-electron chi connectivity index (χ2n) is 2.41. The van der Waals surface area contributed by atoms with Gasteiger partial charge in [-0.1, -0.05) is 11.6 Å². The van der Waals surface area contributed by atoms with E-state index in [0.29, 0.717) is 16.0 Å². The molecule has 62 valence electrons. The predicted octanol–water partition coefficient (Wildman–Crippen LogP) is 2.28. The number of fused-ring (bicyclic) bond motifs is 1. The van der Waals surface area contributed by atoms with Crippen LogP contribution in [0.4, 0.5) is 0 Å². The molecule has 2 aromatic rings. The maximum absolute atomic E-state index is 5.80. The molecule has 0 aromatic carbocycles. The van der Waals surface area contributed by atoms with E-state index in [9.17, 15) is 0 Å². The summed E-state index contributed by atoms with van der Waals surface area (Å²) in [5.41, 5.74) is 1.53. The highest BCUT2D eigenvalue weighted by molar-refractivity contribution is 6.34. The van der Waals surface area contributed by atoms with Crippen molar-refractivity contribution in [1.29, 1.82) is 0 Å². The molecule has 0 spiro atoms. The van der Waals surface area contributed by atoms with Gasteiger partial charge in [0.15, 0.2) is 5.15 Å². The average Bonchev–Trinajstić information content (AvgIpc) is 2.32. The highest BCUT2D eigenvalue weighted by Crippen LogP contribution is 2.22. The zero-order valence-corrected chi connectivity index (χ0v) is 7.76. The molecule has 2 aromatic heterocycles. The second-order valence-corrected chi connectivity index (χ2v) is 3.11. The Labute approximate surface area is 78.9 Å². The molecule has 2 heterocycles. The van der Waals surface area contributed by atoms with Crippen LogP contribution >= 0.6 is 23.2 Å². The normalized spacial score (nSPS) is 10.9. The Bertz CT molecular complexity index is 435. The fraction of sp³-hybridized carbons (Fsp3) is 0.143. The van der Waals surface area contributed by atoms with Gasteiger partial charge >= 0.3 is 0 Å². The molecule has 0 radical (unpaired) electrons. The van der Waals surface area contributed by atoms with Crippen LogP contribution in [0.1, 0.15) is 0 Å². The lowest BCUT2D eigenvalue weighted by molar-refractivity contribution is 0.948. The number of rotatable bonds is 0. The molecule has 5 heteroatoms. The van der Waals surface area contributed by atoms with E-state index < -0.39 is 0 Å². The summed E-state index contributed by atoms with van der Waals surface area (Å²) in [6, 6.07) is 1.82. The minimum absolute atomic E-state index is 0.384. The quantitative estimate of drug-likeness (QED) is 0.613. The monoisotopic (exact) mass is 201 g/mol. The van der Waals surface area contributed by atoms with Gasteiger partial charge in [0.25, 0.3) is 0 Å². The number of aryl methyl sites for hydroxylation is 1.